The van der Waals surface area contributed by atoms with Crippen molar-refractivity contribution in [2.24, 2.45) is 5.41 Å². The summed E-state index contributed by atoms with van der Waals surface area (Å²) in [5.41, 5.74) is 1.77. The Kier molecular flexibility index (Phi) is 1.26. The molecule has 11 heavy (non-hydrogen) atoms. The molecule has 0 amide bonds. The van der Waals surface area contributed by atoms with Crippen LogP contribution >= 0.6 is 0 Å². The predicted octanol–water partition coefficient (Wildman–Crippen LogP) is 2.52. The van der Waals surface area contributed by atoms with Crippen molar-refractivity contribution in [3.05, 3.63) is 12.2 Å². The van der Waals surface area contributed by atoms with Gasteiger partial charge in [0.15, 0.2) is 0 Å². The van der Waals surface area contributed by atoms with Crippen LogP contribution in [0.3, 0.4) is 0 Å². The Balaban J connectivity index is 2.23. The fraction of sp³-hybridized carbons (Fsp3) is 0.800. The first-order chi connectivity index (χ1) is 5.07. The van der Waals surface area contributed by atoms with Gasteiger partial charge in [0.2, 0.25) is 0 Å². The van der Waals surface area contributed by atoms with Crippen molar-refractivity contribution in [3.63, 3.8) is 0 Å². The molecule has 2 rings (SSSR count). The Morgan fingerprint density at radius 3 is 2.45 bits per heavy atom. The van der Waals surface area contributed by atoms with Gasteiger partial charge in [-0.2, -0.15) is 0 Å². The molecule has 0 N–H and O–H groups in total. The molecule has 1 aliphatic heterocycles. The van der Waals surface area contributed by atoms with Crippen molar-refractivity contribution in [2.75, 3.05) is 6.61 Å². The number of hydrogen-bond acceptors (Lipinski definition) is 1. The Bertz CT molecular complexity index is 191. The van der Waals surface area contributed by atoms with Crippen LogP contribution in [0.5, 0.6) is 0 Å². The van der Waals surface area contributed by atoms with E-state index in [1.54, 1.807) is 0 Å². The molecule has 0 aromatic rings. The predicted molar refractivity (Wildman–Crippen MR) is 45.5 cm³/mol. The average Bonchev–Trinajstić information content (AvgIpc) is 2.65. The largest absolute Gasteiger partial charge is 0.365 e. The maximum atomic E-state index is 5.49. The molecule has 1 heterocycles. The lowest BCUT2D eigenvalue weighted by atomic mass is 9.68. The van der Waals surface area contributed by atoms with Crippen molar-refractivity contribution in [3.8, 4) is 0 Å². The summed E-state index contributed by atoms with van der Waals surface area (Å²) >= 11 is 0. The topological polar surface area (TPSA) is 12.5 Å². The van der Waals surface area contributed by atoms with E-state index in [0.29, 0.717) is 5.41 Å². The highest BCUT2D eigenvalue weighted by Gasteiger charge is 2.53. The van der Waals surface area contributed by atoms with E-state index in [9.17, 15) is 0 Å². The molecular weight excluding hydrogens is 136 g/mol. The van der Waals surface area contributed by atoms with Crippen molar-refractivity contribution >= 4 is 0 Å². The standard InChI is InChI=1S/C10H16O/c1-8-9(2,3)5-4-6-10(8)7-11-10/h1,4-7H2,2-3H3. The molecule has 2 fully saturated rings. The van der Waals surface area contributed by atoms with E-state index in [0.717, 1.165) is 6.61 Å². The van der Waals surface area contributed by atoms with Crippen molar-refractivity contribution < 1.29 is 4.74 Å². The van der Waals surface area contributed by atoms with Crippen LogP contribution < -0.4 is 0 Å². The van der Waals surface area contributed by atoms with Crippen LogP contribution in [0.15, 0.2) is 12.2 Å². The molecule has 1 atom stereocenters. The minimum Gasteiger partial charge on any atom is -0.365 e. The second-order valence-corrected chi connectivity index (χ2v) is 4.50. The van der Waals surface area contributed by atoms with Crippen molar-refractivity contribution in [1.29, 1.82) is 0 Å². The van der Waals surface area contributed by atoms with Crippen LogP contribution in [0.2, 0.25) is 0 Å². The van der Waals surface area contributed by atoms with Gasteiger partial charge in [-0.05, 0) is 30.3 Å². The molecule has 1 saturated heterocycles. The van der Waals surface area contributed by atoms with Gasteiger partial charge >= 0.3 is 0 Å². The Morgan fingerprint density at radius 1 is 1.36 bits per heavy atom. The van der Waals surface area contributed by atoms with Crippen LogP contribution in [0.4, 0.5) is 0 Å². The van der Waals surface area contributed by atoms with Crippen LogP contribution in [-0.2, 0) is 4.74 Å². The molecule has 0 bridgehead atoms. The first kappa shape index (κ1) is 7.35. The van der Waals surface area contributed by atoms with Gasteiger partial charge in [0.05, 0.1) is 6.61 Å². The highest BCUT2D eigenvalue weighted by molar-refractivity contribution is 5.28. The van der Waals surface area contributed by atoms with Gasteiger partial charge in [0.1, 0.15) is 5.60 Å². The molecule has 0 radical (unpaired) electrons. The van der Waals surface area contributed by atoms with Gasteiger partial charge in [-0.1, -0.05) is 20.4 Å². The molecule has 1 spiro atoms. The minimum atomic E-state index is 0.127. The summed E-state index contributed by atoms with van der Waals surface area (Å²) in [7, 11) is 0. The van der Waals surface area contributed by atoms with Crippen molar-refractivity contribution in [1.82, 2.24) is 0 Å². The van der Waals surface area contributed by atoms with Crippen LogP contribution in [0, 0.1) is 5.41 Å². The molecule has 1 unspecified atom stereocenters. The maximum absolute atomic E-state index is 5.49. The maximum Gasteiger partial charge on any atom is 0.113 e. The quantitative estimate of drug-likeness (QED) is 0.384. The summed E-state index contributed by atoms with van der Waals surface area (Å²) in [5.74, 6) is 0. The normalized spacial score (nSPS) is 41.1. The molecule has 0 aromatic carbocycles. The molecule has 1 aliphatic carbocycles. The monoisotopic (exact) mass is 152 g/mol. The Morgan fingerprint density at radius 2 is 2.00 bits per heavy atom. The van der Waals surface area contributed by atoms with E-state index in [2.05, 4.69) is 20.4 Å². The van der Waals surface area contributed by atoms with Gasteiger partial charge in [-0.3, -0.25) is 0 Å². The fourth-order valence-corrected chi connectivity index (χ4v) is 2.14. The molecule has 1 heteroatoms. The zero-order valence-corrected chi connectivity index (χ0v) is 7.44. The summed E-state index contributed by atoms with van der Waals surface area (Å²) in [6.45, 7) is 9.63. The highest BCUT2D eigenvalue weighted by atomic mass is 16.6. The fourth-order valence-electron chi connectivity index (χ4n) is 2.14. The van der Waals surface area contributed by atoms with Crippen molar-refractivity contribution in [2.45, 2.75) is 38.7 Å². The zero-order valence-electron chi connectivity index (χ0n) is 7.44. The third kappa shape index (κ3) is 0.943. The Labute approximate surface area is 68.4 Å². The molecule has 0 aromatic heterocycles. The van der Waals surface area contributed by atoms with E-state index in [1.807, 2.05) is 0 Å². The first-order valence-corrected chi connectivity index (χ1v) is 4.41. The molecule has 1 saturated carbocycles. The lowest BCUT2D eigenvalue weighted by molar-refractivity contribution is 0.218. The third-order valence-electron chi connectivity index (χ3n) is 3.24. The molecule has 2 aliphatic rings. The third-order valence-corrected chi connectivity index (χ3v) is 3.24. The number of epoxide rings is 1. The van der Waals surface area contributed by atoms with Crippen LogP contribution in [0.25, 0.3) is 0 Å². The van der Waals surface area contributed by atoms with E-state index in [4.69, 9.17) is 4.74 Å². The number of rotatable bonds is 0. The number of ether oxygens (including phenoxy) is 1. The number of hydrogen-bond donors (Lipinski definition) is 0. The van der Waals surface area contributed by atoms with Gasteiger partial charge in [0.25, 0.3) is 0 Å². The molecule has 62 valence electrons. The molecular formula is C10H16O. The highest BCUT2D eigenvalue weighted by Crippen LogP contribution is 2.52. The first-order valence-electron chi connectivity index (χ1n) is 4.41. The van der Waals surface area contributed by atoms with Gasteiger partial charge < -0.3 is 4.74 Å². The van der Waals surface area contributed by atoms with E-state index in [-0.39, 0.29) is 5.60 Å². The second-order valence-electron chi connectivity index (χ2n) is 4.50. The zero-order chi connectivity index (χ0) is 8.11. The summed E-state index contributed by atoms with van der Waals surface area (Å²) in [6, 6.07) is 0. The smallest absolute Gasteiger partial charge is 0.113 e. The summed E-state index contributed by atoms with van der Waals surface area (Å²) in [5, 5.41) is 0. The van der Waals surface area contributed by atoms with E-state index in [1.165, 1.54) is 24.8 Å². The Hall–Kier alpha value is -0.300. The van der Waals surface area contributed by atoms with Gasteiger partial charge in [-0.15, -0.1) is 0 Å². The van der Waals surface area contributed by atoms with Crippen LogP contribution in [-0.4, -0.2) is 12.2 Å². The second kappa shape index (κ2) is 1.89. The molecule has 1 nitrogen and oxygen atoms in total. The van der Waals surface area contributed by atoms with Crippen LogP contribution in [0.1, 0.15) is 33.1 Å². The lowest BCUT2D eigenvalue weighted by Crippen LogP contribution is -2.31. The summed E-state index contributed by atoms with van der Waals surface area (Å²) < 4.78 is 5.49. The SMILES string of the molecule is C=C1C(C)(C)CCCC12CO2. The average molecular weight is 152 g/mol. The summed E-state index contributed by atoms with van der Waals surface area (Å²) in [4.78, 5) is 0. The van der Waals surface area contributed by atoms with E-state index >= 15 is 0 Å². The van der Waals surface area contributed by atoms with Gasteiger partial charge in [-0.25, -0.2) is 0 Å². The summed E-state index contributed by atoms with van der Waals surface area (Å²) in [6.07, 6.45) is 3.78. The minimum absolute atomic E-state index is 0.127. The lowest BCUT2D eigenvalue weighted by Gasteiger charge is -2.36. The van der Waals surface area contributed by atoms with Gasteiger partial charge in [0, 0.05) is 0 Å². The van der Waals surface area contributed by atoms with E-state index < -0.39 is 0 Å².